The molecule has 0 spiro atoms. The highest BCUT2D eigenvalue weighted by Crippen LogP contribution is 2.36. The van der Waals surface area contributed by atoms with Crippen LogP contribution in [0, 0.1) is 0 Å². The van der Waals surface area contributed by atoms with Crippen LogP contribution < -0.4 is 20.1 Å². The van der Waals surface area contributed by atoms with E-state index >= 15 is 0 Å². The predicted molar refractivity (Wildman–Crippen MR) is 88.3 cm³/mol. The first-order valence-corrected chi connectivity index (χ1v) is 8.26. The molecule has 1 aromatic carbocycles. The van der Waals surface area contributed by atoms with Gasteiger partial charge in [0, 0.05) is 6.54 Å². The molecular weight excluding hydrogens is 326 g/mol. The number of nitrogens with one attached hydrogen (secondary N) is 2. The summed E-state index contributed by atoms with van der Waals surface area (Å²) in [5.41, 5.74) is -0.677. The summed E-state index contributed by atoms with van der Waals surface area (Å²) < 4.78 is 11.0. The Morgan fingerprint density at radius 3 is 2.72 bits per heavy atom. The van der Waals surface area contributed by atoms with Crippen LogP contribution in [0.5, 0.6) is 11.5 Å². The van der Waals surface area contributed by atoms with Gasteiger partial charge < -0.3 is 20.1 Å². The Balaban J connectivity index is 1.81. The van der Waals surface area contributed by atoms with Crippen LogP contribution in [0.3, 0.4) is 0 Å². The first kappa shape index (κ1) is 17.1. The van der Waals surface area contributed by atoms with Crippen LogP contribution in [0.15, 0.2) is 18.2 Å². The zero-order chi connectivity index (χ0) is 18.0. The van der Waals surface area contributed by atoms with E-state index in [0.717, 1.165) is 11.3 Å². The molecule has 2 aliphatic rings. The summed E-state index contributed by atoms with van der Waals surface area (Å²) in [5, 5.41) is 5.33. The van der Waals surface area contributed by atoms with E-state index in [0.29, 0.717) is 36.8 Å². The van der Waals surface area contributed by atoms with Crippen LogP contribution in [0.2, 0.25) is 0 Å². The summed E-state index contributed by atoms with van der Waals surface area (Å²) >= 11 is 0. The van der Waals surface area contributed by atoms with Gasteiger partial charge in [0.15, 0.2) is 11.5 Å². The average molecular weight is 347 g/mol. The summed E-state index contributed by atoms with van der Waals surface area (Å²) in [5.74, 6) is 0.301. The summed E-state index contributed by atoms with van der Waals surface area (Å²) in [6.45, 7) is 4.64. The quantitative estimate of drug-likeness (QED) is 0.766. The van der Waals surface area contributed by atoms with E-state index in [1.807, 2.05) is 6.92 Å². The van der Waals surface area contributed by atoms with Crippen molar-refractivity contribution in [3.8, 4) is 11.5 Å². The number of rotatable bonds is 5. The third kappa shape index (κ3) is 3.11. The molecule has 134 valence electrons. The van der Waals surface area contributed by atoms with Crippen molar-refractivity contribution < 1.29 is 23.9 Å². The molecule has 1 atom stereocenters. The van der Waals surface area contributed by atoms with Crippen molar-refractivity contribution in [1.82, 2.24) is 15.5 Å². The second kappa shape index (κ2) is 6.62. The molecule has 1 fully saturated rings. The number of ether oxygens (including phenoxy) is 2. The fraction of sp³-hybridized carbons (Fsp3) is 0.471. The van der Waals surface area contributed by atoms with Gasteiger partial charge in [-0.05, 0) is 31.0 Å². The largest absolute Gasteiger partial charge is 0.486 e. The molecular formula is C17H21N3O5. The lowest BCUT2D eigenvalue weighted by atomic mass is 9.91. The molecule has 25 heavy (non-hydrogen) atoms. The van der Waals surface area contributed by atoms with Crippen LogP contribution in [0.1, 0.15) is 25.8 Å². The molecule has 1 saturated heterocycles. The molecule has 0 aromatic heterocycles. The van der Waals surface area contributed by atoms with Crippen LogP contribution >= 0.6 is 0 Å². The van der Waals surface area contributed by atoms with Gasteiger partial charge in [-0.2, -0.15) is 0 Å². The number of imide groups is 1. The Kier molecular flexibility index (Phi) is 4.52. The van der Waals surface area contributed by atoms with E-state index in [4.69, 9.17) is 9.47 Å². The monoisotopic (exact) mass is 347 g/mol. The fourth-order valence-corrected chi connectivity index (χ4v) is 2.85. The van der Waals surface area contributed by atoms with Gasteiger partial charge in [0.25, 0.3) is 5.91 Å². The number of carbonyl (C=O) groups excluding carboxylic acids is 3. The van der Waals surface area contributed by atoms with E-state index in [1.54, 1.807) is 25.1 Å². The first-order valence-electron chi connectivity index (χ1n) is 8.26. The molecule has 0 saturated carbocycles. The lowest BCUT2D eigenvalue weighted by molar-refractivity contribution is -0.134. The number of amides is 4. The zero-order valence-electron chi connectivity index (χ0n) is 14.3. The standard InChI is InChI=1S/C17H21N3O5/c1-3-6-18-14(21)10-20-15(22)17(2,19-16(20)23)11-4-5-12-13(9-11)25-8-7-24-12/h4-5,9H,3,6-8,10H2,1-2H3,(H,18,21)(H,19,23)/t17-/m0/s1. The Bertz CT molecular complexity index is 720. The minimum absolute atomic E-state index is 0.301. The van der Waals surface area contributed by atoms with Crippen molar-refractivity contribution in [2.45, 2.75) is 25.8 Å². The first-order chi connectivity index (χ1) is 12.0. The zero-order valence-corrected chi connectivity index (χ0v) is 14.3. The maximum Gasteiger partial charge on any atom is 0.325 e. The fourth-order valence-electron chi connectivity index (χ4n) is 2.85. The minimum Gasteiger partial charge on any atom is -0.486 e. The molecule has 8 heteroatoms. The lowest BCUT2D eigenvalue weighted by Crippen LogP contribution is -2.43. The SMILES string of the molecule is CCCNC(=O)CN1C(=O)N[C@@](C)(c2ccc3c(c2)OCCO3)C1=O. The van der Waals surface area contributed by atoms with Crippen molar-refractivity contribution in [2.75, 3.05) is 26.3 Å². The van der Waals surface area contributed by atoms with Crippen molar-refractivity contribution in [3.63, 3.8) is 0 Å². The van der Waals surface area contributed by atoms with Gasteiger partial charge in [-0.25, -0.2) is 4.79 Å². The molecule has 1 aromatic rings. The topological polar surface area (TPSA) is 97.0 Å². The molecule has 0 aliphatic carbocycles. The lowest BCUT2D eigenvalue weighted by Gasteiger charge is -2.25. The van der Waals surface area contributed by atoms with Crippen LogP contribution in [-0.4, -0.2) is 49.0 Å². The maximum atomic E-state index is 12.8. The van der Waals surface area contributed by atoms with Gasteiger partial charge in [-0.3, -0.25) is 14.5 Å². The van der Waals surface area contributed by atoms with Crippen molar-refractivity contribution in [1.29, 1.82) is 0 Å². The summed E-state index contributed by atoms with van der Waals surface area (Å²) in [6.07, 6.45) is 0.779. The number of hydrogen-bond donors (Lipinski definition) is 2. The number of carbonyl (C=O) groups is 3. The number of nitrogens with zero attached hydrogens (tertiary/aromatic N) is 1. The highest BCUT2D eigenvalue weighted by molar-refractivity contribution is 6.09. The summed E-state index contributed by atoms with van der Waals surface area (Å²) in [4.78, 5) is 37.8. The van der Waals surface area contributed by atoms with Gasteiger partial charge in [0.2, 0.25) is 5.91 Å². The third-order valence-corrected chi connectivity index (χ3v) is 4.27. The maximum absolute atomic E-state index is 12.8. The van der Waals surface area contributed by atoms with Crippen LogP contribution in [0.25, 0.3) is 0 Å². The van der Waals surface area contributed by atoms with Gasteiger partial charge in [-0.1, -0.05) is 13.0 Å². The normalized spacial score (nSPS) is 21.9. The molecule has 0 unspecified atom stereocenters. The molecule has 8 nitrogen and oxygen atoms in total. The third-order valence-electron chi connectivity index (χ3n) is 4.27. The Morgan fingerprint density at radius 1 is 1.28 bits per heavy atom. The van der Waals surface area contributed by atoms with Crippen molar-refractivity contribution >= 4 is 17.8 Å². The number of hydrogen-bond acceptors (Lipinski definition) is 5. The Labute approximate surface area is 145 Å². The van der Waals surface area contributed by atoms with Gasteiger partial charge in [-0.15, -0.1) is 0 Å². The van der Waals surface area contributed by atoms with E-state index in [9.17, 15) is 14.4 Å². The molecule has 2 heterocycles. The number of benzene rings is 1. The van der Waals surface area contributed by atoms with Crippen LogP contribution in [0.4, 0.5) is 4.79 Å². The Morgan fingerprint density at radius 2 is 2.00 bits per heavy atom. The van der Waals surface area contributed by atoms with Crippen LogP contribution in [-0.2, 0) is 15.1 Å². The summed E-state index contributed by atoms with van der Waals surface area (Å²) in [6, 6.07) is 4.53. The van der Waals surface area contributed by atoms with Crippen molar-refractivity contribution in [3.05, 3.63) is 23.8 Å². The number of fused-ring (bicyclic) bond motifs is 1. The molecule has 4 amide bonds. The van der Waals surface area contributed by atoms with E-state index in [2.05, 4.69) is 10.6 Å². The highest BCUT2D eigenvalue weighted by Gasteiger charge is 2.49. The predicted octanol–water partition coefficient (Wildman–Crippen LogP) is 0.751. The van der Waals surface area contributed by atoms with Gasteiger partial charge >= 0.3 is 6.03 Å². The molecule has 2 N–H and O–H groups in total. The number of urea groups is 1. The second-order valence-corrected chi connectivity index (χ2v) is 6.15. The average Bonchev–Trinajstić information content (AvgIpc) is 2.83. The minimum atomic E-state index is -1.25. The second-order valence-electron chi connectivity index (χ2n) is 6.15. The van der Waals surface area contributed by atoms with E-state index < -0.39 is 17.5 Å². The van der Waals surface area contributed by atoms with Crippen molar-refractivity contribution in [2.24, 2.45) is 0 Å². The highest BCUT2D eigenvalue weighted by atomic mass is 16.6. The van der Waals surface area contributed by atoms with E-state index in [1.165, 1.54) is 0 Å². The van der Waals surface area contributed by atoms with E-state index in [-0.39, 0.29) is 12.5 Å². The molecule has 0 bridgehead atoms. The molecule has 0 radical (unpaired) electrons. The summed E-state index contributed by atoms with van der Waals surface area (Å²) in [7, 11) is 0. The molecule has 2 aliphatic heterocycles. The Hall–Kier alpha value is -2.77. The van der Waals surface area contributed by atoms with Gasteiger partial charge in [0.05, 0.1) is 0 Å². The smallest absolute Gasteiger partial charge is 0.325 e. The molecule has 3 rings (SSSR count). The van der Waals surface area contributed by atoms with Gasteiger partial charge in [0.1, 0.15) is 25.3 Å².